The number of hydrogen-bond acceptors (Lipinski definition) is 4. The quantitative estimate of drug-likeness (QED) is 0.412. The number of furan rings is 1. The zero-order valence-electron chi connectivity index (χ0n) is 11.7. The fourth-order valence-electron chi connectivity index (χ4n) is 1.97. The Morgan fingerprint density at radius 1 is 0.909 bits per heavy atom. The van der Waals surface area contributed by atoms with Gasteiger partial charge >= 0.3 is 5.97 Å². The number of rotatable bonds is 4. The molecule has 0 saturated heterocycles. The number of carbonyl (C=O) groups is 1. The lowest BCUT2D eigenvalue weighted by Crippen LogP contribution is -2.00. The van der Waals surface area contributed by atoms with Crippen LogP contribution < -0.4 is 0 Å². The second-order valence-corrected chi connectivity index (χ2v) is 4.57. The molecule has 1 aromatic heterocycles. The molecule has 3 aromatic rings. The van der Waals surface area contributed by atoms with Gasteiger partial charge in [0.15, 0.2) is 0 Å². The summed E-state index contributed by atoms with van der Waals surface area (Å²) in [5, 5.41) is 3.60. The monoisotopic (exact) mass is 291 g/mol. The Labute approximate surface area is 127 Å². The van der Waals surface area contributed by atoms with Gasteiger partial charge in [-0.3, -0.25) is 0 Å². The highest BCUT2D eigenvalue weighted by Gasteiger charge is 2.07. The van der Waals surface area contributed by atoms with Crippen molar-refractivity contribution in [3.63, 3.8) is 0 Å². The Bertz CT molecular complexity index is 760. The van der Waals surface area contributed by atoms with Crippen molar-refractivity contribution >= 4 is 12.2 Å². The second-order valence-electron chi connectivity index (χ2n) is 4.57. The van der Waals surface area contributed by atoms with E-state index in [0.29, 0.717) is 11.3 Å². The lowest BCUT2D eigenvalue weighted by molar-refractivity contribution is 0.0519. The van der Waals surface area contributed by atoms with Gasteiger partial charge in [-0.15, -0.1) is 0 Å². The van der Waals surface area contributed by atoms with Crippen molar-refractivity contribution in [1.29, 1.82) is 0 Å². The topological polar surface area (TPSA) is 51.8 Å². The van der Waals surface area contributed by atoms with Crippen LogP contribution in [-0.2, 0) is 4.84 Å². The van der Waals surface area contributed by atoms with Gasteiger partial charge in [0, 0.05) is 0 Å². The minimum Gasteiger partial charge on any atom is -0.463 e. The summed E-state index contributed by atoms with van der Waals surface area (Å²) in [6.07, 6.45) is 2.86. The molecule has 108 valence electrons. The van der Waals surface area contributed by atoms with Gasteiger partial charge in [0.1, 0.15) is 12.0 Å². The van der Waals surface area contributed by atoms with E-state index in [1.54, 1.807) is 24.3 Å². The van der Waals surface area contributed by atoms with Crippen molar-refractivity contribution < 1.29 is 14.0 Å². The summed E-state index contributed by atoms with van der Waals surface area (Å²) in [5.74, 6) is 0.00893. The minimum absolute atomic E-state index is 0.441. The molecule has 1 heterocycles. The maximum atomic E-state index is 11.9. The molecule has 0 saturated carbocycles. The van der Waals surface area contributed by atoms with Crippen molar-refractivity contribution in [1.82, 2.24) is 0 Å². The molecule has 0 aliphatic heterocycles. The summed E-state index contributed by atoms with van der Waals surface area (Å²) in [5.41, 5.74) is 2.57. The van der Waals surface area contributed by atoms with Crippen LogP contribution in [-0.4, -0.2) is 12.2 Å². The van der Waals surface area contributed by atoms with Gasteiger partial charge < -0.3 is 9.25 Å². The van der Waals surface area contributed by atoms with E-state index in [0.717, 1.165) is 11.1 Å². The van der Waals surface area contributed by atoms with Crippen molar-refractivity contribution in [3.05, 3.63) is 84.3 Å². The van der Waals surface area contributed by atoms with Crippen LogP contribution >= 0.6 is 0 Å². The summed E-state index contributed by atoms with van der Waals surface area (Å²) in [6, 6.07) is 20.6. The van der Waals surface area contributed by atoms with Gasteiger partial charge in [-0.25, -0.2) is 4.79 Å². The van der Waals surface area contributed by atoms with Crippen molar-refractivity contribution in [2.45, 2.75) is 0 Å². The second kappa shape index (κ2) is 6.54. The number of hydrogen-bond donors (Lipinski definition) is 0. The Morgan fingerprint density at radius 3 is 2.32 bits per heavy atom. The van der Waals surface area contributed by atoms with Gasteiger partial charge in [-0.2, -0.15) is 0 Å². The number of carbonyl (C=O) groups excluding carboxylic acids is 1. The lowest BCUT2D eigenvalue weighted by atomic mass is 10.0. The third-order valence-electron chi connectivity index (χ3n) is 3.09. The Morgan fingerprint density at radius 2 is 1.64 bits per heavy atom. The average molecular weight is 291 g/mol. The molecule has 3 rings (SSSR count). The third kappa shape index (κ3) is 3.30. The first-order valence-electron chi connectivity index (χ1n) is 6.76. The molecular weight excluding hydrogens is 278 g/mol. The maximum absolute atomic E-state index is 11.9. The first-order valence-corrected chi connectivity index (χ1v) is 6.76. The SMILES string of the molecule is O=C(ON=Cc1ccco1)c1ccc(-c2ccccc2)cc1. The Hall–Kier alpha value is -3.14. The molecule has 0 unspecified atom stereocenters. The predicted octanol–water partition coefficient (Wildman–Crippen LogP) is 4.14. The maximum Gasteiger partial charge on any atom is 0.365 e. The Kier molecular flexibility index (Phi) is 4.11. The summed E-state index contributed by atoms with van der Waals surface area (Å²) >= 11 is 0. The molecule has 0 atom stereocenters. The van der Waals surface area contributed by atoms with Crippen LogP contribution in [0.4, 0.5) is 0 Å². The largest absolute Gasteiger partial charge is 0.463 e. The van der Waals surface area contributed by atoms with E-state index in [1.807, 2.05) is 42.5 Å². The van der Waals surface area contributed by atoms with Crippen LogP contribution in [0.3, 0.4) is 0 Å². The van der Waals surface area contributed by atoms with Crippen molar-refractivity contribution in [2.24, 2.45) is 5.16 Å². The van der Waals surface area contributed by atoms with E-state index in [1.165, 1.54) is 12.5 Å². The van der Waals surface area contributed by atoms with E-state index < -0.39 is 5.97 Å². The number of oxime groups is 1. The zero-order chi connectivity index (χ0) is 15.2. The zero-order valence-corrected chi connectivity index (χ0v) is 11.7. The first kappa shape index (κ1) is 13.8. The lowest BCUT2D eigenvalue weighted by Gasteiger charge is -2.02. The molecule has 4 heteroatoms. The van der Waals surface area contributed by atoms with E-state index in [9.17, 15) is 4.79 Å². The number of nitrogens with zero attached hydrogens (tertiary/aromatic N) is 1. The van der Waals surface area contributed by atoms with E-state index in [4.69, 9.17) is 9.25 Å². The van der Waals surface area contributed by atoms with Gasteiger partial charge in [0.25, 0.3) is 0 Å². The molecule has 0 spiro atoms. The standard InChI is InChI=1S/C18H13NO3/c20-18(22-19-13-17-7-4-12-21-17)16-10-8-15(9-11-16)14-5-2-1-3-6-14/h1-13H. The summed E-state index contributed by atoms with van der Waals surface area (Å²) in [6.45, 7) is 0. The summed E-state index contributed by atoms with van der Waals surface area (Å²) in [4.78, 5) is 16.7. The molecule has 0 bridgehead atoms. The fraction of sp³-hybridized carbons (Fsp3) is 0. The van der Waals surface area contributed by atoms with E-state index in [-0.39, 0.29) is 0 Å². The molecule has 0 fully saturated rings. The molecule has 0 aliphatic carbocycles. The highest BCUT2D eigenvalue weighted by Crippen LogP contribution is 2.19. The summed E-state index contributed by atoms with van der Waals surface area (Å²) < 4.78 is 5.05. The molecule has 0 aliphatic rings. The van der Waals surface area contributed by atoms with E-state index >= 15 is 0 Å². The van der Waals surface area contributed by atoms with Crippen LogP contribution in [0.1, 0.15) is 16.1 Å². The van der Waals surface area contributed by atoms with Gasteiger partial charge in [0.2, 0.25) is 0 Å². The Balaban J connectivity index is 1.66. The fourth-order valence-corrected chi connectivity index (χ4v) is 1.97. The molecule has 0 amide bonds. The first-order chi connectivity index (χ1) is 10.8. The highest BCUT2D eigenvalue weighted by molar-refractivity contribution is 5.90. The third-order valence-corrected chi connectivity index (χ3v) is 3.09. The van der Waals surface area contributed by atoms with Gasteiger partial charge in [-0.1, -0.05) is 47.6 Å². The van der Waals surface area contributed by atoms with Gasteiger partial charge in [0.05, 0.1) is 11.8 Å². The van der Waals surface area contributed by atoms with Crippen LogP contribution in [0, 0.1) is 0 Å². The molecule has 2 aromatic carbocycles. The molecule has 0 radical (unpaired) electrons. The van der Waals surface area contributed by atoms with Crippen LogP contribution in [0.25, 0.3) is 11.1 Å². The van der Waals surface area contributed by atoms with E-state index in [2.05, 4.69) is 5.16 Å². The van der Waals surface area contributed by atoms with Crippen LogP contribution in [0.15, 0.2) is 82.6 Å². The van der Waals surface area contributed by atoms with Crippen molar-refractivity contribution in [2.75, 3.05) is 0 Å². The van der Waals surface area contributed by atoms with Crippen LogP contribution in [0.2, 0.25) is 0 Å². The average Bonchev–Trinajstić information content (AvgIpc) is 3.09. The van der Waals surface area contributed by atoms with Gasteiger partial charge in [-0.05, 0) is 35.4 Å². The molecule has 0 N–H and O–H groups in total. The van der Waals surface area contributed by atoms with Crippen LogP contribution in [0.5, 0.6) is 0 Å². The summed E-state index contributed by atoms with van der Waals surface area (Å²) in [7, 11) is 0. The van der Waals surface area contributed by atoms with Crippen molar-refractivity contribution in [3.8, 4) is 11.1 Å². The minimum atomic E-state index is -0.512. The smallest absolute Gasteiger partial charge is 0.365 e. The number of benzene rings is 2. The predicted molar refractivity (Wildman–Crippen MR) is 83.6 cm³/mol. The molecular formula is C18H13NO3. The molecule has 4 nitrogen and oxygen atoms in total. The highest BCUT2D eigenvalue weighted by atomic mass is 16.7. The molecule has 22 heavy (non-hydrogen) atoms. The normalized spacial score (nSPS) is 10.7.